The third-order valence-electron chi connectivity index (χ3n) is 7.31. The van der Waals surface area contributed by atoms with Gasteiger partial charge in [0.2, 0.25) is 0 Å². The minimum Gasteiger partial charge on any atom is -0.494 e. The number of hydrogen-bond donors (Lipinski definition) is 1. The number of nitrogens with zero attached hydrogens (tertiary/aromatic N) is 2. The number of carbonyl (C=O) groups is 1. The van der Waals surface area contributed by atoms with Crippen molar-refractivity contribution in [2.24, 2.45) is 0 Å². The highest BCUT2D eigenvalue weighted by Crippen LogP contribution is 2.47. The van der Waals surface area contributed by atoms with Gasteiger partial charge < -0.3 is 14.8 Å². The van der Waals surface area contributed by atoms with E-state index in [0.29, 0.717) is 0 Å². The summed E-state index contributed by atoms with van der Waals surface area (Å²) in [6, 6.07) is 9.55. The molecule has 0 spiro atoms. The van der Waals surface area contributed by atoms with Gasteiger partial charge in [0.25, 0.3) is 12.3 Å². The first-order valence-corrected chi connectivity index (χ1v) is 13.0. The maximum Gasteiger partial charge on any atom is 0.398 e. The number of fused-ring (bicyclic) bond motifs is 2. The first kappa shape index (κ1) is 30.1. The number of alkyl halides is 6. The molecule has 0 saturated heterocycles. The maximum atomic E-state index is 14.5. The van der Waals surface area contributed by atoms with Gasteiger partial charge in [0.1, 0.15) is 47.7 Å². The molecular formula is C30H24F7N3O3. The van der Waals surface area contributed by atoms with E-state index in [0.717, 1.165) is 30.5 Å². The third-order valence-corrected chi connectivity index (χ3v) is 7.31. The molecule has 3 heterocycles. The molecule has 2 unspecified atom stereocenters. The Morgan fingerprint density at radius 3 is 2.49 bits per heavy atom. The number of methoxy groups -OCH3 is 1. The van der Waals surface area contributed by atoms with Crippen LogP contribution >= 0.6 is 0 Å². The highest BCUT2D eigenvalue weighted by atomic mass is 19.4. The molecule has 2 aromatic heterocycles. The van der Waals surface area contributed by atoms with Crippen LogP contribution in [0.5, 0.6) is 11.5 Å². The Balaban J connectivity index is 1.52. The van der Waals surface area contributed by atoms with E-state index in [1.165, 1.54) is 38.3 Å². The summed E-state index contributed by atoms with van der Waals surface area (Å²) in [6.45, 7) is -0.522. The van der Waals surface area contributed by atoms with Gasteiger partial charge in [-0.1, -0.05) is 0 Å². The molecule has 5 rings (SSSR count). The average Bonchev–Trinajstić information content (AvgIpc) is 3.32. The smallest absolute Gasteiger partial charge is 0.398 e. The van der Waals surface area contributed by atoms with Gasteiger partial charge in [0.05, 0.1) is 18.2 Å². The van der Waals surface area contributed by atoms with Crippen molar-refractivity contribution in [3.05, 3.63) is 82.9 Å². The molecule has 1 N–H and O–H groups in total. The number of hydrogen-bond acceptors (Lipinski definition) is 5. The van der Waals surface area contributed by atoms with Crippen molar-refractivity contribution < 1.29 is 45.0 Å². The third kappa shape index (κ3) is 5.80. The van der Waals surface area contributed by atoms with Crippen molar-refractivity contribution in [3.63, 3.8) is 0 Å². The van der Waals surface area contributed by atoms with E-state index >= 15 is 0 Å². The summed E-state index contributed by atoms with van der Waals surface area (Å²) < 4.78 is 108. The van der Waals surface area contributed by atoms with E-state index in [1.807, 2.05) is 0 Å². The van der Waals surface area contributed by atoms with Gasteiger partial charge >= 0.3 is 6.18 Å². The number of amides is 1. The molecule has 4 aromatic rings. The van der Waals surface area contributed by atoms with Crippen LogP contribution in [0.25, 0.3) is 22.2 Å². The molecule has 2 aromatic carbocycles. The van der Waals surface area contributed by atoms with Crippen LogP contribution in [0.4, 0.5) is 30.7 Å². The maximum absolute atomic E-state index is 14.5. The zero-order valence-corrected chi connectivity index (χ0v) is 22.7. The number of benzene rings is 2. The lowest BCUT2D eigenvalue weighted by Crippen LogP contribution is -2.36. The standard InChI is InChI=1S/C30H24F7N3O3/c1-29(13-31)14-43-26-20(29)10-22(40-25(26)15-3-5-19(32)6-4-15)21(30(35,36)37)12-39-28(41)17-7-16-8-18(27(33)34)11-38-24(16)23(9-17)42-2/h3-11,21,27H,12-14H2,1-2H3,(H,39,41). The molecule has 13 heteroatoms. The summed E-state index contributed by atoms with van der Waals surface area (Å²) in [7, 11) is 1.27. The Morgan fingerprint density at radius 1 is 1.14 bits per heavy atom. The van der Waals surface area contributed by atoms with E-state index in [-0.39, 0.29) is 51.4 Å². The average molecular weight is 608 g/mol. The lowest BCUT2D eigenvalue weighted by Gasteiger charge is -2.24. The largest absolute Gasteiger partial charge is 0.494 e. The number of halogens is 7. The predicted octanol–water partition coefficient (Wildman–Crippen LogP) is 7.08. The fourth-order valence-corrected chi connectivity index (χ4v) is 4.87. The van der Waals surface area contributed by atoms with Crippen LogP contribution in [-0.4, -0.2) is 49.0 Å². The lowest BCUT2D eigenvalue weighted by atomic mass is 9.84. The van der Waals surface area contributed by atoms with E-state index in [1.54, 1.807) is 0 Å². The molecule has 0 fully saturated rings. The number of nitrogens with one attached hydrogen (secondary N) is 1. The molecule has 1 amide bonds. The van der Waals surface area contributed by atoms with Crippen molar-refractivity contribution in [2.45, 2.75) is 30.9 Å². The van der Waals surface area contributed by atoms with E-state index < -0.39 is 60.1 Å². The Labute approximate surface area is 240 Å². The van der Waals surface area contributed by atoms with Gasteiger partial charge in [0.15, 0.2) is 0 Å². The van der Waals surface area contributed by atoms with Gasteiger partial charge in [0, 0.05) is 40.4 Å². The Morgan fingerprint density at radius 2 is 1.86 bits per heavy atom. The fraction of sp³-hybridized carbons (Fsp3) is 0.300. The van der Waals surface area contributed by atoms with Gasteiger partial charge in [-0.15, -0.1) is 0 Å². The van der Waals surface area contributed by atoms with Crippen LogP contribution in [0.1, 0.15) is 46.4 Å². The minimum atomic E-state index is -4.91. The Hall–Kier alpha value is -4.42. The summed E-state index contributed by atoms with van der Waals surface area (Å²) in [5, 5.41) is 2.38. The van der Waals surface area contributed by atoms with Gasteiger partial charge in [-0.2, -0.15) is 13.2 Å². The van der Waals surface area contributed by atoms with E-state index in [4.69, 9.17) is 9.47 Å². The molecule has 2 atom stereocenters. The van der Waals surface area contributed by atoms with Crippen molar-refractivity contribution >= 4 is 16.8 Å². The predicted molar refractivity (Wildman–Crippen MR) is 143 cm³/mol. The second-order valence-electron chi connectivity index (χ2n) is 10.4. The summed E-state index contributed by atoms with van der Waals surface area (Å²) in [4.78, 5) is 21.2. The summed E-state index contributed by atoms with van der Waals surface area (Å²) in [6.07, 6.45) is -6.78. The van der Waals surface area contributed by atoms with Gasteiger partial charge in [-0.25, -0.2) is 22.5 Å². The van der Waals surface area contributed by atoms with Crippen molar-refractivity contribution in [2.75, 3.05) is 26.9 Å². The highest BCUT2D eigenvalue weighted by molar-refractivity contribution is 6.00. The molecule has 0 aliphatic carbocycles. The quantitative estimate of drug-likeness (QED) is 0.217. The molecule has 1 aliphatic rings. The topological polar surface area (TPSA) is 73.3 Å². The van der Waals surface area contributed by atoms with Crippen molar-refractivity contribution in [3.8, 4) is 22.8 Å². The molecule has 1 aliphatic heterocycles. The second-order valence-corrected chi connectivity index (χ2v) is 10.4. The SMILES string of the molecule is COc1cc(C(=O)NCC(c2cc3c(c(-c4ccc(F)cc4)n2)OCC3(C)CF)C(F)(F)F)cc2cc(C(F)F)cnc12. The minimum absolute atomic E-state index is 0.0214. The molecule has 0 bridgehead atoms. The highest BCUT2D eigenvalue weighted by Gasteiger charge is 2.45. The van der Waals surface area contributed by atoms with Crippen molar-refractivity contribution in [1.29, 1.82) is 0 Å². The monoisotopic (exact) mass is 607 g/mol. The van der Waals surface area contributed by atoms with Gasteiger partial charge in [-0.05, 0) is 55.5 Å². The van der Waals surface area contributed by atoms with Crippen molar-refractivity contribution in [1.82, 2.24) is 15.3 Å². The van der Waals surface area contributed by atoms with E-state index in [9.17, 15) is 35.5 Å². The molecule has 43 heavy (non-hydrogen) atoms. The van der Waals surface area contributed by atoms with Crippen LogP contribution in [-0.2, 0) is 5.41 Å². The number of aromatic nitrogens is 2. The Bertz CT molecular complexity index is 1680. The molecular weight excluding hydrogens is 583 g/mol. The zero-order chi connectivity index (χ0) is 31.1. The molecule has 226 valence electrons. The zero-order valence-electron chi connectivity index (χ0n) is 22.7. The molecule has 6 nitrogen and oxygen atoms in total. The lowest BCUT2D eigenvalue weighted by molar-refractivity contribution is -0.149. The Kier molecular flexibility index (Phi) is 7.93. The summed E-state index contributed by atoms with van der Waals surface area (Å²) in [5.74, 6) is -3.69. The first-order valence-electron chi connectivity index (χ1n) is 13.0. The van der Waals surface area contributed by atoms with Gasteiger partial charge in [-0.3, -0.25) is 9.78 Å². The number of ether oxygens (including phenoxy) is 2. The van der Waals surface area contributed by atoms with E-state index in [2.05, 4.69) is 15.3 Å². The first-order chi connectivity index (χ1) is 20.3. The molecule has 0 saturated carbocycles. The summed E-state index contributed by atoms with van der Waals surface area (Å²) >= 11 is 0. The number of rotatable bonds is 8. The second kappa shape index (κ2) is 11.3. The fourth-order valence-electron chi connectivity index (χ4n) is 4.87. The van der Waals surface area contributed by atoms with Crippen LogP contribution in [0.15, 0.2) is 54.7 Å². The normalized spacial score (nSPS) is 17.1. The number of carbonyl (C=O) groups excluding carboxylic acids is 1. The summed E-state index contributed by atoms with van der Waals surface area (Å²) in [5.41, 5.74) is -1.73. The van der Waals surface area contributed by atoms with Crippen LogP contribution < -0.4 is 14.8 Å². The van der Waals surface area contributed by atoms with Crippen LogP contribution in [0, 0.1) is 5.82 Å². The van der Waals surface area contributed by atoms with Crippen LogP contribution in [0.3, 0.4) is 0 Å². The molecule has 0 radical (unpaired) electrons. The van der Waals surface area contributed by atoms with Crippen LogP contribution in [0.2, 0.25) is 0 Å². The number of pyridine rings is 2.